The summed E-state index contributed by atoms with van der Waals surface area (Å²) in [6, 6.07) is 3.32. The first kappa shape index (κ1) is 21.9. The van der Waals surface area contributed by atoms with Gasteiger partial charge in [0.05, 0.1) is 11.2 Å². The van der Waals surface area contributed by atoms with E-state index in [2.05, 4.69) is 17.6 Å². The maximum absolute atomic E-state index is 12.5. The topological polar surface area (TPSA) is 104 Å². The second kappa shape index (κ2) is 8.17. The molecule has 0 radical (unpaired) electrons. The average Bonchev–Trinajstić information content (AvgIpc) is 3.52. The summed E-state index contributed by atoms with van der Waals surface area (Å²) in [4.78, 5) is 26.3. The third kappa shape index (κ3) is 3.51. The van der Waals surface area contributed by atoms with Crippen molar-refractivity contribution in [2.24, 2.45) is 11.7 Å². The molecule has 0 aromatic heterocycles. The quantitative estimate of drug-likeness (QED) is 0.668. The van der Waals surface area contributed by atoms with Crippen molar-refractivity contribution in [2.75, 3.05) is 20.1 Å². The van der Waals surface area contributed by atoms with E-state index in [1.54, 1.807) is 6.07 Å². The third-order valence-electron chi connectivity index (χ3n) is 7.39. The van der Waals surface area contributed by atoms with Gasteiger partial charge in [-0.25, -0.2) is 0 Å². The Morgan fingerprint density at radius 1 is 1.28 bits per heavy atom. The number of carbonyl (C=O) groups is 2. The number of hydrogen-bond donors (Lipinski definition) is 3. The van der Waals surface area contributed by atoms with E-state index >= 15 is 0 Å². The van der Waals surface area contributed by atoms with Gasteiger partial charge in [0.25, 0.3) is 0 Å². The summed E-state index contributed by atoms with van der Waals surface area (Å²) in [5, 5.41) is 22.9. The molecule has 4 rings (SSSR count). The van der Waals surface area contributed by atoms with Crippen LogP contribution in [-0.2, 0) is 10.2 Å². The summed E-state index contributed by atoms with van der Waals surface area (Å²) in [6.07, 6.45) is 4.76. The lowest BCUT2D eigenvalue weighted by Gasteiger charge is -2.60. The Kier molecular flexibility index (Phi) is 6.18. The zero-order chi connectivity index (χ0) is 21.4. The smallest absolute Gasteiger partial charge is 0.153 e. The van der Waals surface area contributed by atoms with Gasteiger partial charge >= 0.3 is 0 Å². The molecule has 0 spiro atoms. The van der Waals surface area contributed by atoms with Crippen LogP contribution in [0.25, 0.3) is 0 Å². The molecule has 160 valence electrons. The Bertz CT molecular complexity index is 791. The molecule has 1 aromatic rings. The van der Waals surface area contributed by atoms with Gasteiger partial charge in [0, 0.05) is 36.4 Å². The number of nitrogens with zero attached hydrogens (tertiary/aromatic N) is 1. The minimum atomic E-state index is -1.10. The number of hydrogen-bond acceptors (Lipinski definition) is 6. The summed E-state index contributed by atoms with van der Waals surface area (Å²) in [5.41, 5.74) is 4.21. The Hall–Kier alpha value is -1.76. The molecule has 0 amide bonds. The predicted octanol–water partition coefficient (Wildman–Crippen LogP) is 2.31. The Balaban J connectivity index is 0.00000117. The summed E-state index contributed by atoms with van der Waals surface area (Å²) >= 11 is 0. The molecule has 6 nitrogen and oxygen atoms in total. The van der Waals surface area contributed by atoms with Crippen LogP contribution < -0.4 is 5.73 Å². The summed E-state index contributed by atoms with van der Waals surface area (Å²) in [7, 11) is 1.50. The number of ketones is 1. The predicted molar refractivity (Wildman–Crippen MR) is 112 cm³/mol. The van der Waals surface area contributed by atoms with Gasteiger partial charge in [0.1, 0.15) is 11.5 Å². The fourth-order valence-electron chi connectivity index (χ4n) is 5.61. The lowest BCUT2D eigenvalue weighted by molar-refractivity contribution is -0.165. The zero-order valence-corrected chi connectivity index (χ0v) is 17.8. The van der Waals surface area contributed by atoms with Crippen molar-refractivity contribution in [1.29, 1.82) is 0 Å². The first-order valence-electron chi connectivity index (χ1n) is 10.7. The van der Waals surface area contributed by atoms with Crippen LogP contribution in [0.2, 0.25) is 0 Å². The highest BCUT2D eigenvalue weighted by Gasteiger charge is 2.62. The summed E-state index contributed by atoms with van der Waals surface area (Å²) in [6.45, 7) is 5.73. The number of fused-ring (bicyclic) bond motifs is 1. The van der Waals surface area contributed by atoms with Crippen LogP contribution in [0.5, 0.6) is 5.75 Å². The maximum Gasteiger partial charge on any atom is 0.153 e. The number of likely N-dealkylation sites (tertiary alicyclic amines) is 1. The van der Waals surface area contributed by atoms with Gasteiger partial charge in [-0.15, -0.1) is 0 Å². The van der Waals surface area contributed by atoms with Crippen molar-refractivity contribution in [2.45, 2.75) is 69.4 Å². The molecule has 2 aliphatic carbocycles. The first-order valence-corrected chi connectivity index (χ1v) is 10.7. The van der Waals surface area contributed by atoms with E-state index in [1.807, 2.05) is 13.0 Å². The van der Waals surface area contributed by atoms with Crippen LogP contribution in [0.1, 0.15) is 66.9 Å². The number of phenols is 1. The van der Waals surface area contributed by atoms with Crippen LogP contribution in [0.3, 0.4) is 0 Å². The van der Waals surface area contributed by atoms with Crippen LogP contribution in [0.4, 0.5) is 0 Å². The number of Topliss-reactive ketones (excluding diaryl/α,β-unsaturated/α-hetero) is 1. The molecule has 4 N–H and O–H groups in total. The molecule has 1 heterocycles. The van der Waals surface area contributed by atoms with Crippen LogP contribution in [-0.4, -0.2) is 59.0 Å². The number of aromatic hydroxyl groups is 1. The fraction of sp³-hybridized carbons (Fsp3) is 0.652. The van der Waals surface area contributed by atoms with Gasteiger partial charge in [-0.3, -0.25) is 14.5 Å². The van der Waals surface area contributed by atoms with E-state index < -0.39 is 11.0 Å². The van der Waals surface area contributed by atoms with Crippen LogP contribution >= 0.6 is 0 Å². The van der Waals surface area contributed by atoms with Gasteiger partial charge in [0.15, 0.2) is 6.29 Å². The SMILES string of the molecule is CN.Cc1ccc(C=O)c(O)c1C12CCN(CC3CC3)C(C)C1(O)CCC(=O)C2. The molecule has 3 aliphatic rings. The van der Waals surface area contributed by atoms with Gasteiger partial charge in [0.2, 0.25) is 0 Å². The number of aldehydes is 1. The van der Waals surface area contributed by atoms with Crippen molar-refractivity contribution in [1.82, 2.24) is 4.90 Å². The largest absolute Gasteiger partial charge is 0.507 e. The van der Waals surface area contributed by atoms with Gasteiger partial charge < -0.3 is 15.9 Å². The third-order valence-corrected chi connectivity index (χ3v) is 7.39. The minimum absolute atomic E-state index is 0.0685. The van der Waals surface area contributed by atoms with E-state index in [4.69, 9.17) is 0 Å². The Morgan fingerprint density at radius 2 is 1.97 bits per heavy atom. The molecule has 3 fully saturated rings. The van der Waals surface area contributed by atoms with Crippen LogP contribution in [0.15, 0.2) is 12.1 Å². The Morgan fingerprint density at radius 3 is 2.59 bits per heavy atom. The normalized spacial score (nSPS) is 32.2. The second-order valence-electron chi connectivity index (χ2n) is 8.90. The number of nitrogens with two attached hydrogens (primary N) is 1. The van der Waals surface area contributed by atoms with Gasteiger partial charge in [-0.1, -0.05) is 6.07 Å². The number of benzene rings is 1. The van der Waals surface area contributed by atoms with Crippen molar-refractivity contribution < 1.29 is 19.8 Å². The summed E-state index contributed by atoms with van der Waals surface area (Å²) < 4.78 is 0. The number of phenolic OH excluding ortho intramolecular Hbond substituents is 1. The molecule has 3 atom stereocenters. The highest BCUT2D eigenvalue weighted by molar-refractivity contribution is 5.84. The van der Waals surface area contributed by atoms with E-state index in [0.717, 1.165) is 24.6 Å². The average molecular weight is 403 g/mol. The van der Waals surface area contributed by atoms with E-state index in [1.165, 1.54) is 19.9 Å². The second-order valence-corrected chi connectivity index (χ2v) is 8.90. The van der Waals surface area contributed by atoms with Gasteiger partial charge in [-0.2, -0.15) is 0 Å². The lowest BCUT2D eigenvalue weighted by atomic mass is 9.53. The van der Waals surface area contributed by atoms with Crippen LogP contribution in [0, 0.1) is 12.8 Å². The van der Waals surface area contributed by atoms with E-state index in [0.29, 0.717) is 31.1 Å². The molecule has 1 saturated heterocycles. The van der Waals surface area contributed by atoms with Crippen molar-refractivity contribution in [3.63, 3.8) is 0 Å². The molecule has 6 heteroatoms. The highest BCUT2D eigenvalue weighted by atomic mass is 16.3. The fourth-order valence-corrected chi connectivity index (χ4v) is 5.61. The molecule has 0 bridgehead atoms. The monoisotopic (exact) mass is 402 g/mol. The number of aliphatic hydroxyl groups is 1. The molecular formula is C23H34N2O4. The van der Waals surface area contributed by atoms with E-state index in [9.17, 15) is 19.8 Å². The number of carbonyl (C=O) groups excluding carboxylic acids is 2. The minimum Gasteiger partial charge on any atom is -0.507 e. The molecule has 3 unspecified atom stereocenters. The van der Waals surface area contributed by atoms with E-state index in [-0.39, 0.29) is 29.6 Å². The zero-order valence-electron chi connectivity index (χ0n) is 17.8. The molecule has 29 heavy (non-hydrogen) atoms. The standard InChI is InChI=1S/C22H29NO4.CH5N/c1-14-3-6-17(13-24)20(26)19(14)21-9-10-23(12-16-4-5-16)15(2)22(21,27)8-7-18(25)11-21;1-2/h3,6,13,15-16,26-27H,4-5,7-12H2,1-2H3;2H2,1H3. The Labute approximate surface area is 173 Å². The van der Waals surface area contributed by atoms with Crippen molar-refractivity contribution >= 4 is 12.1 Å². The molecular weight excluding hydrogens is 368 g/mol. The summed E-state index contributed by atoms with van der Waals surface area (Å²) in [5.74, 6) is 0.779. The number of aryl methyl sites for hydroxylation is 1. The van der Waals surface area contributed by atoms with Crippen molar-refractivity contribution in [3.05, 3.63) is 28.8 Å². The molecule has 1 aliphatic heterocycles. The maximum atomic E-state index is 12.5. The number of piperidine rings is 1. The molecule has 1 aromatic carbocycles. The van der Waals surface area contributed by atoms with Crippen molar-refractivity contribution in [3.8, 4) is 5.75 Å². The highest BCUT2D eigenvalue weighted by Crippen LogP contribution is 2.56. The lowest BCUT2D eigenvalue weighted by Crippen LogP contribution is -2.70. The molecule has 2 saturated carbocycles. The number of rotatable bonds is 4. The first-order chi connectivity index (χ1) is 13.8. The van der Waals surface area contributed by atoms with Gasteiger partial charge in [-0.05, 0) is 70.7 Å².